The molecule has 0 radical (unpaired) electrons. The average Bonchev–Trinajstić information content (AvgIpc) is 1.94. The van der Waals surface area contributed by atoms with E-state index in [4.69, 9.17) is 9.29 Å². The molecule has 0 aromatic carbocycles. The van der Waals surface area contributed by atoms with E-state index in [9.17, 15) is 0 Å². The molecule has 11 heavy (non-hydrogen) atoms. The molecule has 0 aromatic rings. The van der Waals surface area contributed by atoms with Crippen LogP contribution in [0, 0.1) is 0 Å². The lowest BCUT2D eigenvalue weighted by atomic mass is 10.1. The molecule has 66 valence electrons. The monoisotopic (exact) mass is 177 g/mol. The van der Waals surface area contributed by atoms with Crippen LogP contribution in [0.15, 0.2) is 0 Å². The molecule has 1 N–H and O–H groups in total. The van der Waals surface area contributed by atoms with Gasteiger partial charge < -0.3 is 9.29 Å². The minimum absolute atomic E-state index is 0.0727. The second-order valence-electron chi connectivity index (χ2n) is 2.76. The fourth-order valence-corrected chi connectivity index (χ4v) is 1.44. The first-order valence-electron chi connectivity index (χ1n) is 3.89. The van der Waals surface area contributed by atoms with Gasteiger partial charge in [0.05, 0.1) is 12.7 Å². The molecule has 0 spiro atoms. The Bertz CT molecular complexity index is 107. The number of aliphatic hydroxyl groups excluding tert-OH is 1. The number of hydrogen-bond donors (Lipinski definition) is 1. The Morgan fingerprint density at radius 2 is 2.36 bits per heavy atom. The Balaban J connectivity index is 1.81. The van der Waals surface area contributed by atoms with Gasteiger partial charge in [-0.15, -0.1) is 0 Å². The predicted molar refractivity (Wildman–Crippen MR) is 46.5 cm³/mol. The van der Waals surface area contributed by atoms with Gasteiger partial charge in [-0.1, -0.05) is 0 Å². The van der Waals surface area contributed by atoms with Gasteiger partial charge in [-0.25, -0.2) is 0 Å². The molecule has 1 aliphatic rings. The third-order valence-electron chi connectivity index (χ3n) is 1.76. The fraction of sp³-hybridized carbons (Fsp3) is 1.00. The first-order chi connectivity index (χ1) is 5.33. The molecular formula is C7H15NO2S. The number of hydrogen-bond acceptors (Lipinski definition) is 4. The van der Waals surface area contributed by atoms with E-state index in [0.29, 0.717) is 0 Å². The molecule has 0 unspecified atom stereocenters. The van der Waals surface area contributed by atoms with Crippen LogP contribution in [0.4, 0.5) is 0 Å². The van der Waals surface area contributed by atoms with Gasteiger partial charge in [0.2, 0.25) is 0 Å². The van der Waals surface area contributed by atoms with Crippen molar-refractivity contribution >= 4 is 12.0 Å². The van der Waals surface area contributed by atoms with Crippen LogP contribution in [0.2, 0.25) is 0 Å². The highest BCUT2D eigenvalue weighted by Gasteiger charge is 2.22. The maximum atomic E-state index is 8.94. The zero-order valence-electron chi connectivity index (χ0n) is 6.82. The molecule has 1 aliphatic heterocycles. The Morgan fingerprint density at radius 1 is 1.64 bits per heavy atom. The van der Waals surface area contributed by atoms with Crippen LogP contribution in [0.5, 0.6) is 0 Å². The van der Waals surface area contributed by atoms with Crippen LogP contribution in [0.1, 0.15) is 6.42 Å². The maximum Gasteiger partial charge on any atom is 0.0793 e. The largest absolute Gasteiger partial charge is 0.390 e. The highest BCUT2D eigenvalue weighted by atomic mass is 32.2. The second kappa shape index (κ2) is 4.98. The Kier molecular flexibility index (Phi) is 4.22. The topological polar surface area (TPSA) is 32.7 Å². The van der Waals surface area contributed by atoms with Crippen molar-refractivity contribution in [1.29, 1.82) is 0 Å². The Morgan fingerprint density at radius 3 is 2.91 bits per heavy atom. The average molecular weight is 177 g/mol. The van der Waals surface area contributed by atoms with Gasteiger partial charge in [-0.3, -0.25) is 4.90 Å². The zero-order valence-corrected chi connectivity index (χ0v) is 7.64. The molecule has 0 bridgehead atoms. The normalized spacial score (nSPS) is 20.2. The van der Waals surface area contributed by atoms with Gasteiger partial charge in [0, 0.05) is 25.9 Å². The number of likely N-dealkylation sites (tertiary alicyclic amines) is 1. The second-order valence-corrected chi connectivity index (χ2v) is 3.32. The molecule has 0 amide bonds. The van der Waals surface area contributed by atoms with Crippen molar-refractivity contribution < 1.29 is 9.29 Å². The van der Waals surface area contributed by atoms with Crippen LogP contribution in [-0.2, 0) is 4.18 Å². The Labute approximate surface area is 71.9 Å². The minimum Gasteiger partial charge on any atom is -0.390 e. The number of aliphatic hydroxyl groups is 1. The van der Waals surface area contributed by atoms with E-state index in [-0.39, 0.29) is 6.10 Å². The summed E-state index contributed by atoms with van der Waals surface area (Å²) in [4.78, 5) is 2.23. The van der Waals surface area contributed by atoms with Gasteiger partial charge in [-0.2, -0.15) is 0 Å². The van der Waals surface area contributed by atoms with E-state index < -0.39 is 0 Å². The molecule has 1 saturated heterocycles. The fourth-order valence-electron chi connectivity index (χ4n) is 1.16. The highest BCUT2D eigenvalue weighted by Crippen LogP contribution is 2.07. The van der Waals surface area contributed by atoms with E-state index in [0.717, 1.165) is 32.7 Å². The van der Waals surface area contributed by atoms with Crippen LogP contribution in [0.25, 0.3) is 0 Å². The van der Waals surface area contributed by atoms with Gasteiger partial charge in [-0.05, 0) is 18.5 Å². The van der Waals surface area contributed by atoms with E-state index in [1.807, 2.05) is 6.26 Å². The minimum atomic E-state index is -0.0727. The van der Waals surface area contributed by atoms with E-state index in [1.165, 1.54) is 12.0 Å². The number of nitrogens with zero attached hydrogens (tertiary/aromatic N) is 1. The molecule has 1 fully saturated rings. The van der Waals surface area contributed by atoms with Crippen LogP contribution in [-0.4, -0.2) is 48.6 Å². The molecular weight excluding hydrogens is 162 g/mol. The number of rotatable bonds is 5. The van der Waals surface area contributed by atoms with Crippen LogP contribution < -0.4 is 0 Å². The predicted octanol–water partition coefficient (Wildman–Crippen LogP) is 0.348. The van der Waals surface area contributed by atoms with Crippen molar-refractivity contribution in [1.82, 2.24) is 4.90 Å². The first-order valence-corrected chi connectivity index (χ1v) is 5.04. The molecule has 4 heteroatoms. The number of β-amino-alcohol motifs (C(OH)–C–C–N with tert-alkyl or cyclic N) is 1. The zero-order chi connectivity index (χ0) is 8.10. The third kappa shape index (κ3) is 3.42. The van der Waals surface area contributed by atoms with Crippen molar-refractivity contribution in [3.8, 4) is 0 Å². The lowest BCUT2D eigenvalue weighted by molar-refractivity contribution is 0.000356. The maximum absolute atomic E-state index is 8.94. The lowest BCUT2D eigenvalue weighted by Crippen LogP contribution is -2.50. The van der Waals surface area contributed by atoms with Gasteiger partial charge in [0.25, 0.3) is 0 Å². The summed E-state index contributed by atoms with van der Waals surface area (Å²) >= 11 is 1.41. The van der Waals surface area contributed by atoms with Crippen molar-refractivity contribution in [2.45, 2.75) is 12.5 Å². The van der Waals surface area contributed by atoms with Crippen molar-refractivity contribution in [3.05, 3.63) is 0 Å². The standard InChI is InChI=1S/C7H15NO2S/c1-11-10-4-2-3-8-5-7(9)6-8/h7,9H,2-6H2,1H3. The van der Waals surface area contributed by atoms with Crippen molar-refractivity contribution in [2.75, 3.05) is 32.5 Å². The first kappa shape index (κ1) is 9.32. The molecule has 3 nitrogen and oxygen atoms in total. The molecule has 1 heterocycles. The highest BCUT2D eigenvalue weighted by molar-refractivity contribution is 7.93. The summed E-state index contributed by atoms with van der Waals surface area (Å²) in [5, 5.41) is 8.94. The summed E-state index contributed by atoms with van der Waals surface area (Å²) < 4.78 is 5.11. The molecule has 0 aliphatic carbocycles. The summed E-state index contributed by atoms with van der Waals surface area (Å²) in [6, 6.07) is 0. The van der Waals surface area contributed by atoms with Gasteiger partial charge >= 0.3 is 0 Å². The molecule has 0 aromatic heterocycles. The summed E-state index contributed by atoms with van der Waals surface area (Å²) in [5.41, 5.74) is 0. The van der Waals surface area contributed by atoms with E-state index in [1.54, 1.807) is 0 Å². The summed E-state index contributed by atoms with van der Waals surface area (Å²) in [6.45, 7) is 3.56. The van der Waals surface area contributed by atoms with Crippen LogP contribution in [0.3, 0.4) is 0 Å². The molecule has 0 atom stereocenters. The third-order valence-corrected chi connectivity index (χ3v) is 2.16. The van der Waals surface area contributed by atoms with E-state index >= 15 is 0 Å². The van der Waals surface area contributed by atoms with Crippen molar-refractivity contribution in [3.63, 3.8) is 0 Å². The van der Waals surface area contributed by atoms with Crippen molar-refractivity contribution in [2.24, 2.45) is 0 Å². The Hall–Kier alpha value is 0.230. The molecule has 1 rings (SSSR count). The van der Waals surface area contributed by atoms with Crippen LogP contribution >= 0.6 is 12.0 Å². The van der Waals surface area contributed by atoms with E-state index in [2.05, 4.69) is 4.90 Å². The summed E-state index contributed by atoms with van der Waals surface area (Å²) in [6.07, 6.45) is 2.91. The van der Waals surface area contributed by atoms with Gasteiger partial charge in [0.15, 0.2) is 0 Å². The van der Waals surface area contributed by atoms with Gasteiger partial charge in [0.1, 0.15) is 0 Å². The molecule has 0 saturated carbocycles. The lowest BCUT2D eigenvalue weighted by Gasteiger charge is -2.35. The SMILES string of the molecule is CSOCCCN1CC(O)C1. The summed E-state index contributed by atoms with van der Waals surface area (Å²) in [5.74, 6) is 0. The summed E-state index contributed by atoms with van der Waals surface area (Å²) in [7, 11) is 0. The smallest absolute Gasteiger partial charge is 0.0793 e. The quantitative estimate of drug-likeness (QED) is 0.485.